The topological polar surface area (TPSA) is 77.9 Å². The lowest BCUT2D eigenvalue weighted by molar-refractivity contribution is -0.0381. The van der Waals surface area contributed by atoms with Crippen LogP contribution in [0.25, 0.3) is 0 Å². The number of morpholine rings is 1. The van der Waals surface area contributed by atoms with Crippen LogP contribution in [0.2, 0.25) is 0 Å². The van der Waals surface area contributed by atoms with Crippen LogP contribution in [0, 0.1) is 0 Å². The number of ether oxygens (including phenoxy) is 2. The molecular weight excluding hydrogens is 272 g/mol. The number of nitrogens with two attached hydrogens (primary N) is 1. The average molecular weight is 296 g/mol. The van der Waals surface area contributed by atoms with Crippen molar-refractivity contribution in [2.45, 2.75) is 44.9 Å². The van der Waals surface area contributed by atoms with Gasteiger partial charge in [-0.05, 0) is 32.9 Å². The Morgan fingerprint density at radius 2 is 2.33 bits per heavy atom. The number of furan rings is 1. The SMILES string of the molecule is CC(C)(C)OC(=O)N1CCOCC1C(N)Cc1ccco1. The molecular formula is C15H24N2O4. The molecule has 1 aliphatic rings. The van der Waals surface area contributed by atoms with Crippen LogP contribution in [-0.4, -0.2) is 48.4 Å². The van der Waals surface area contributed by atoms with Crippen LogP contribution in [0.3, 0.4) is 0 Å². The van der Waals surface area contributed by atoms with Gasteiger partial charge >= 0.3 is 6.09 Å². The fourth-order valence-electron chi connectivity index (χ4n) is 2.32. The number of amides is 1. The van der Waals surface area contributed by atoms with Crippen molar-refractivity contribution in [1.82, 2.24) is 4.90 Å². The standard InChI is InChI=1S/C15H24N2O4/c1-15(2,3)21-14(18)17-6-8-19-10-13(17)12(16)9-11-5-4-7-20-11/h4-5,7,12-13H,6,8-10,16H2,1-3H3. The molecule has 0 radical (unpaired) electrons. The fraction of sp³-hybridized carbons (Fsp3) is 0.667. The first-order chi connectivity index (χ1) is 9.87. The van der Waals surface area contributed by atoms with Crippen molar-refractivity contribution >= 4 is 6.09 Å². The van der Waals surface area contributed by atoms with E-state index in [-0.39, 0.29) is 18.2 Å². The Bertz CT molecular complexity index is 453. The van der Waals surface area contributed by atoms with Gasteiger partial charge in [0.15, 0.2) is 0 Å². The van der Waals surface area contributed by atoms with Crippen LogP contribution >= 0.6 is 0 Å². The minimum Gasteiger partial charge on any atom is -0.469 e. The first kappa shape index (κ1) is 15.9. The molecule has 1 amide bonds. The van der Waals surface area contributed by atoms with E-state index in [4.69, 9.17) is 19.6 Å². The van der Waals surface area contributed by atoms with Gasteiger partial charge in [-0.2, -0.15) is 0 Å². The summed E-state index contributed by atoms with van der Waals surface area (Å²) in [6, 6.07) is 3.23. The number of carbonyl (C=O) groups is 1. The average Bonchev–Trinajstić information content (AvgIpc) is 2.89. The van der Waals surface area contributed by atoms with Crippen LogP contribution in [-0.2, 0) is 15.9 Å². The van der Waals surface area contributed by atoms with E-state index in [1.54, 1.807) is 11.2 Å². The Balaban J connectivity index is 2.02. The van der Waals surface area contributed by atoms with Gasteiger partial charge in [0.05, 0.1) is 25.5 Å². The number of hydrogen-bond acceptors (Lipinski definition) is 5. The molecule has 2 heterocycles. The maximum atomic E-state index is 12.3. The monoisotopic (exact) mass is 296 g/mol. The second kappa shape index (κ2) is 6.49. The Labute approximate surface area is 125 Å². The highest BCUT2D eigenvalue weighted by atomic mass is 16.6. The van der Waals surface area contributed by atoms with Crippen molar-refractivity contribution in [3.63, 3.8) is 0 Å². The molecule has 1 aromatic rings. The zero-order chi connectivity index (χ0) is 15.5. The Morgan fingerprint density at radius 1 is 1.57 bits per heavy atom. The molecule has 0 bridgehead atoms. The van der Waals surface area contributed by atoms with E-state index in [0.29, 0.717) is 26.2 Å². The molecule has 21 heavy (non-hydrogen) atoms. The molecule has 0 saturated carbocycles. The maximum absolute atomic E-state index is 12.3. The van der Waals surface area contributed by atoms with Crippen LogP contribution in [0.4, 0.5) is 4.79 Å². The lowest BCUT2D eigenvalue weighted by Crippen LogP contribution is -2.58. The van der Waals surface area contributed by atoms with Gasteiger partial charge in [-0.25, -0.2) is 4.79 Å². The fourth-order valence-corrected chi connectivity index (χ4v) is 2.32. The van der Waals surface area contributed by atoms with Gasteiger partial charge in [0, 0.05) is 19.0 Å². The van der Waals surface area contributed by atoms with Crippen LogP contribution in [0.1, 0.15) is 26.5 Å². The third-order valence-corrected chi connectivity index (χ3v) is 3.30. The summed E-state index contributed by atoms with van der Waals surface area (Å²) < 4.78 is 16.2. The molecule has 118 valence electrons. The van der Waals surface area contributed by atoms with E-state index in [9.17, 15) is 4.79 Å². The van der Waals surface area contributed by atoms with E-state index >= 15 is 0 Å². The normalized spacial score (nSPS) is 21.1. The molecule has 6 heteroatoms. The number of rotatable bonds is 3. The summed E-state index contributed by atoms with van der Waals surface area (Å²) in [6.45, 7) is 6.96. The summed E-state index contributed by atoms with van der Waals surface area (Å²) in [6.07, 6.45) is 1.83. The molecule has 2 unspecified atom stereocenters. The third kappa shape index (κ3) is 4.47. The van der Waals surface area contributed by atoms with Crippen LogP contribution in [0.15, 0.2) is 22.8 Å². The van der Waals surface area contributed by atoms with Gasteiger partial charge in [-0.3, -0.25) is 4.90 Å². The summed E-state index contributed by atoms with van der Waals surface area (Å²) in [7, 11) is 0. The predicted octanol–water partition coefficient (Wildman–Crippen LogP) is 1.79. The summed E-state index contributed by atoms with van der Waals surface area (Å²) in [4.78, 5) is 14.0. The second-order valence-corrected chi connectivity index (χ2v) is 6.26. The van der Waals surface area contributed by atoms with Crippen molar-refractivity contribution in [2.24, 2.45) is 5.73 Å². The van der Waals surface area contributed by atoms with E-state index < -0.39 is 5.60 Å². The van der Waals surface area contributed by atoms with Gasteiger partial charge in [-0.1, -0.05) is 0 Å². The van der Waals surface area contributed by atoms with Gasteiger partial charge in [-0.15, -0.1) is 0 Å². The van der Waals surface area contributed by atoms with Crippen molar-refractivity contribution in [2.75, 3.05) is 19.8 Å². The van der Waals surface area contributed by atoms with Crippen molar-refractivity contribution < 1.29 is 18.7 Å². The third-order valence-electron chi connectivity index (χ3n) is 3.30. The summed E-state index contributed by atoms with van der Waals surface area (Å²) in [5.74, 6) is 0.803. The largest absolute Gasteiger partial charge is 0.469 e. The zero-order valence-electron chi connectivity index (χ0n) is 12.9. The highest BCUT2D eigenvalue weighted by Gasteiger charge is 2.34. The molecule has 1 fully saturated rings. The first-order valence-corrected chi connectivity index (χ1v) is 7.22. The number of hydrogen-bond donors (Lipinski definition) is 1. The number of nitrogens with zero attached hydrogens (tertiary/aromatic N) is 1. The highest BCUT2D eigenvalue weighted by molar-refractivity contribution is 5.68. The van der Waals surface area contributed by atoms with Crippen LogP contribution in [0.5, 0.6) is 0 Å². The molecule has 6 nitrogen and oxygen atoms in total. The van der Waals surface area contributed by atoms with Crippen LogP contribution < -0.4 is 5.73 Å². The summed E-state index contributed by atoms with van der Waals surface area (Å²) in [5, 5.41) is 0. The first-order valence-electron chi connectivity index (χ1n) is 7.22. The van der Waals surface area contributed by atoms with E-state index in [0.717, 1.165) is 5.76 Å². The summed E-state index contributed by atoms with van der Waals surface area (Å²) in [5.41, 5.74) is 5.72. The Morgan fingerprint density at radius 3 is 2.95 bits per heavy atom. The van der Waals surface area contributed by atoms with Crippen molar-refractivity contribution in [1.29, 1.82) is 0 Å². The van der Waals surface area contributed by atoms with Gasteiger partial charge in [0.2, 0.25) is 0 Å². The lowest BCUT2D eigenvalue weighted by atomic mass is 10.0. The Kier molecular flexibility index (Phi) is 4.90. The smallest absolute Gasteiger partial charge is 0.410 e. The summed E-state index contributed by atoms with van der Waals surface area (Å²) >= 11 is 0. The van der Waals surface area contributed by atoms with E-state index in [1.807, 2.05) is 32.9 Å². The molecule has 1 aliphatic heterocycles. The second-order valence-electron chi connectivity index (χ2n) is 6.26. The minimum absolute atomic E-state index is 0.210. The van der Waals surface area contributed by atoms with Gasteiger partial charge in [0.25, 0.3) is 0 Å². The van der Waals surface area contributed by atoms with Gasteiger partial charge in [0.1, 0.15) is 11.4 Å². The van der Waals surface area contributed by atoms with E-state index in [1.165, 1.54) is 0 Å². The molecule has 2 N–H and O–H groups in total. The van der Waals surface area contributed by atoms with E-state index in [2.05, 4.69) is 0 Å². The van der Waals surface area contributed by atoms with Crippen molar-refractivity contribution in [3.05, 3.63) is 24.2 Å². The number of carbonyl (C=O) groups excluding carboxylic acids is 1. The molecule has 0 spiro atoms. The van der Waals surface area contributed by atoms with Crippen molar-refractivity contribution in [3.8, 4) is 0 Å². The quantitative estimate of drug-likeness (QED) is 0.920. The zero-order valence-corrected chi connectivity index (χ0v) is 12.9. The molecule has 1 aromatic heterocycles. The maximum Gasteiger partial charge on any atom is 0.410 e. The molecule has 0 aromatic carbocycles. The highest BCUT2D eigenvalue weighted by Crippen LogP contribution is 2.18. The predicted molar refractivity (Wildman–Crippen MR) is 77.9 cm³/mol. The van der Waals surface area contributed by atoms with Gasteiger partial charge < -0.3 is 19.6 Å². The minimum atomic E-state index is -0.523. The lowest BCUT2D eigenvalue weighted by Gasteiger charge is -2.39. The molecule has 2 rings (SSSR count). The molecule has 0 aliphatic carbocycles. The molecule has 2 atom stereocenters. The Hall–Kier alpha value is -1.53. The molecule has 1 saturated heterocycles.